The van der Waals surface area contributed by atoms with Crippen LogP contribution in [0.15, 0.2) is 42.5 Å². The summed E-state index contributed by atoms with van der Waals surface area (Å²) in [5.74, 6) is -0.434. The lowest BCUT2D eigenvalue weighted by atomic mass is 9.97. The first-order valence-electron chi connectivity index (χ1n) is 7.18. The summed E-state index contributed by atoms with van der Waals surface area (Å²) in [6, 6.07) is 12.8. The number of aromatic nitrogens is 1. The average molecular weight is 315 g/mol. The number of pyridine rings is 1. The summed E-state index contributed by atoms with van der Waals surface area (Å²) in [5, 5.41) is 0.314. The lowest BCUT2D eigenvalue weighted by molar-refractivity contribution is -0.136. The van der Waals surface area contributed by atoms with Crippen molar-refractivity contribution in [2.75, 3.05) is 4.90 Å². The van der Waals surface area contributed by atoms with Gasteiger partial charge < -0.3 is 0 Å². The fourth-order valence-corrected chi connectivity index (χ4v) is 2.95. The fourth-order valence-electron chi connectivity index (χ4n) is 2.81. The van der Waals surface area contributed by atoms with Gasteiger partial charge in [0, 0.05) is 12.0 Å². The zero-order chi connectivity index (χ0) is 15.7. The van der Waals surface area contributed by atoms with Crippen LogP contribution in [0.4, 0.5) is 5.82 Å². The van der Waals surface area contributed by atoms with E-state index in [1.54, 1.807) is 12.1 Å². The Balaban J connectivity index is 2.13. The molecule has 1 aromatic heterocycles. The van der Waals surface area contributed by atoms with Gasteiger partial charge in [0.15, 0.2) is 0 Å². The number of fused-ring (bicyclic) bond motifs is 1. The molecule has 0 unspecified atom stereocenters. The van der Waals surface area contributed by atoms with Crippen molar-refractivity contribution < 1.29 is 9.59 Å². The molecule has 4 nitrogen and oxygen atoms in total. The highest BCUT2D eigenvalue weighted by Crippen LogP contribution is 2.35. The van der Waals surface area contributed by atoms with E-state index in [4.69, 9.17) is 11.6 Å². The molecule has 22 heavy (non-hydrogen) atoms. The molecule has 1 atom stereocenters. The topological polar surface area (TPSA) is 50.3 Å². The molecule has 1 aliphatic rings. The number of amides is 1. The third-order valence-electron chi connectivity index (χ3n) is 3.84. The number of benzene rings is 1. The lowest BCUT2D eigenvalue weighted by Crippen LogP contribution is -2.44. The van der Waals surface area contributed by atoms with Crippen molar-refractivity contribution in [1.29, 1.82) is 0 Å². The maximum Gasteiger partial charge on any atom is 0.296 e. The first kappa shape index (κ1) is 14.7. The Bertz CT molecular complexity index is 731. The smallest absolute Gasteiger partial charge is 0.288 e. The van der Waals surface area contributed by atoms with Crippen molar-refractivity contribution in [2.24, 2.45) is 0 Å². The van der Waals surface area contributed by atoms with E-state index in [2.05, 4.69) is 4.98 Å². The van der Waals surface area contributed by atoms with Crippen molar-refractivity contribution in [3.8, 4) is 0 Å². The minimum absolute atomic E-state index is 0.0834. The maximum atomic E-state index is 12.5. The lowest BCUT2D eigenvalue weighted by Gasteiger charge is -2.34. The predicted octanol–water partition coefficient (Wildman–Crippen LogP) is 3.34. The highest BCUT2D eigenvalue weighted by atomic mass is 35.5. The van der Waals surface area contributed by atoms with Gasteiger partial charge in [-0.15, -0.1) is 0 Å². The molecule has 3 rings (SSSR count). The van der Waals surface area contributed by atoms with Gasteiger partial charge >= 0.3 is 0 Å². The summed E-state index contributed by atoms with van der Waals surface area (Å²) in [6.45, 7) is 1.98. The van der Waals surface area contributed by atoms with Crippen molar-refractivity contribution in [1.82, 2.24) is 4.98 Å². The number of Topliss-reactive ketones (excluding diaryl/α,β-unsaturated/α-hetero) is 1. The van der Waals surface area contributed by atoms with Crippen LogP contribution in [0.5, 0.6) is 0 Å². The van der Waals surface area contributed by atoms with E-state index in [1.807, 2.05) is 37.3 Å². The van der Waals surface area contributed by atoms with Crippen molar-refractivity contribution in [2.45, 2.75) is 25.8 Å². The Morgan fingerprint density at radius 3 is 2.59 bits per heavy atom. The number of hydrogen-bond acceptors (Lipinski definition) is 3. The Morgan fingerprint density at radius 1 is 1.18 bits per heavy atom. The molecule has 0 bridgehead atoms. The first-order valence-corrected chi connectivity index (χ1v) is 7.56. The van der Waals surface area contributed by atoms with E-state index < -0.39 is 11.7 Å². The maximum absolute atomic E-state index is 12.5. The Hall–Kier alpha value is -2.20. The fraction of sp³-hybridized carbons (Fsp3) is 0.235. The highest BCUT2D eigenvalue weighted by molar-refractivity contribution is 6.43. The molecule has 0 N–H and O–H groups in total. The predicted molar refractivity (Wildman–Crippen MR) is 84.9 cm³/mol. The van der Waals surface area contributed by atoms with Crippen molar-refractivity contribution in [3.05, 3.63) is 58.7 Å². The molecule has 1 amide bonds. The molecular weight excluding hydrogens is 300 g/mol. The number of hydrogen-bond donors (Lipinski definition) is 0. The summed E-state index contributed by atoms with van der Waals surface area (Å²) in [5.41, 5.74) is 1.71. The van der Waals surface area contributed by atoms with Gasteiger partial charge in [0.25, 0.3) is 5.91 Å². The van der Waals surface area contributed by atoms with Gasteiger partial charge in [-0.05, 0) is 18.1 Å². The quantitative estimate of drug-likeness (QED) is 0.645. The van der Waals surface area contributed by atoms with Crippen LogP contribution in [0.25, 0.3) is 0 Å². The molecule has 2 aromatic rings. The highest BCUT2D eigenvalue weighted by Gasteiger charge is 2.36. The van der Waals surface area contributed by atoms with E-state index >= 15 is 0 Å². The zero-order valence-electron chi connectivity index (χ0n) is 12.1. The summed E-state index contributed by atoms with van der Waals surface area (Å²) in [6.07, 6.45) is 0.761. The number of rotatable bonds is 3. The van der Waals surface area contributed by atoms with Crippen LogP contribution >= 0.6 is 11.6 Å². The van der Waals surface area contributed by atoms with Gasteiger partial charge in [0.1, 0.15) is 11.0 Å². The Labute approximate surface area is 133 Å². The van der Waals surface area contributed by atoms with Crippen molar-refractivity contribution >= 4 is 29.1 Å². The molecule has 0 saturated heterocycles. The largest absolute Gasteiger partial charge is 0.296 e. The summed E-state index contributed by atoms with van der Waals surface area (Å²) >= 11 is 5.99. The Kier molecular flexibility index (Phi) is 3.94. The molecule has 5 heteroatoms. The number of anilines is 1. The minimum Gasteiger partial charge on any atom is -0.288 e. The van der Waals surface area contributed by atoms with E-state index in [0.717, 1.165) is 11.1 Å². The van der Waals surface area contributed by atoms with Gasteiger partial charge in [-0.2, -0.15) is 0 Å². The minimum atomic E-state index is -0.516. The molecule has 1 aromatic carbocycles. The second kappa shape index (κ2) is 5.89. The van der Waals surface area contributed by atoms with Crippen LogP contribution < -0.4 is 4.90 Å². The second-order valence-corrected chi connectivity index (χ2v) is 5.61. The third kappa shape index (κ3) is 2.50. The molecule has 0 aliphatic carbocycles. The molecule has 2 heterocycles. The van der Waals surface area contributed by atoms with Gasteiger partial charge in [0.2, 0.25) is 5.78 Å². The Morgan fingerprint density at radius 2 is 1.91 bits per heavy atom. The monoisotopic (exact) mass is 314 g/mol. The SMILES string of the molecule is CC[C@@H](c1ccccc1)N1C(=O)C(=O)Cc2ccc(Cl)nc21. The molecule has 0 spiro atoms. The van der Waals surface area contributed by atoms with Gasteiger partial charge in [-0.25, -0.2) is 4.98 Å². The number of carbonyl (C=O) groups excluding carboxylic acids is 2. The molecule has 112 valence electrons. The second-order valence-electron chi connectivity index (χ2n) is 5.23. The van der Waals surface area contributed by atoms with Crippen LogP contribution in [0.2, 0.25) is 5.15 Å². The molecule has 0 fully saturated rings. The number of nitrogens with zero attached hydrogens (tertiary/aromatic N) is 2. The standard InChI is InChI=1S/C17H15ClN2O2/c1-2-13(11-6-4-3-5-7-11)20-16-12(8-9-15(18)19-16)10-14(21)17(20)22/h3-9,13H,2,10H2,1H3/t13-/m0/s1. The normalized spacial score (nSPS) is 15.6. The zero-order valence-corrected chi connectivity index (χ0v) is 12.9. The molecule has 0 saturated carbocycles. The molecule has 1 aliphatic heterocycles. The number of halogens is 1. The van der Waals surface area contributed by atoms with E-state index in [1.165, 1.54) is 4.90 Å². The van der Waals surface area contributed by atoms with Crippen LogP contribution in [0, 0.1) is 0 Å². The van der Waals surface area contributed by atoms with Gasteiger partial charge in [-0.3, -0.25) is 14.5 Å². The summed E-state index contributed by atoms with van der Waals surface area (Å²) in [7, 11) is 0. The van der Waals surface area contributed by atoms with Gasteiger partial charge in [-0.1, -0.05) is 54.9 Å². The molecular formula is C17H15ClN2O2. The van der Waals surface area contributed by atoms with E-state index in [-0.39, 0.29) is 12.5 Å². The van der Waals surface area contributed by atoms with Crippen LogP contribution in [-0.2, 0) is 16.0 Å². The van der Waals surface area contributed by atoms with Crippen LogP contribution in [0.1, 0.15) is 30.5 Å². The van der Waals surface area contributed by atoms with Gasteiger partial charge in [0.05, 0.1) is 6.04 Å². The van der Waals surface area contributed by atoms with Crippen LogP contribution in [-0.4, -0.2) is 16.7 Å². The van der Waals surface area contributed by atoms with E-state index in [9.17, 15) is 9.59 Å². The van der Waals surface area contributed by atoms with Crippen LogP contribution in [0.3, 0.4) is 0 Å². The number of ketones is 1. The van der Waals surface area contributed by atoms with Crippen molar-refractivity contribution in [3.63, 3.8) is 0 Å². The number of carbonyl (C=O) groups is 2. The first-order chi connectivity index (χ1) is 10.6. The van der Waals surface area contributed by atoms with E-state index in [0.29, 0.717) is 17.4 Å². The summed E-state index contributed by atoms with van der Waals surface area (Å²) in [4.78, 5) is 30.3. The third-order valence-corrected chi connectivity index (χ3v) is 4.05. The molecule has 0 radical (unpaired) electrons. The summed E-state index contributed by atoms with van der Waals surface area (Å²) < 4.78 is 0. The average Bonchev–Trinajstić information content (AvgIpc) is 2.53.